The van der Waals surface area contributed by atoms with Gasteiger partial charge in [-0.2, -0.15) is 5.06 Å². The van der Waals surface area contributed by atoms with E-state index >= 15 is 0 Å². The lowest BCUT2D eigenvalue weighted by atomic mass is 9.98. The zero-order valence-electron chi connectivity index (χ0n) is 44.3. The average Bonchev–Trinajstić information content (AvgIpc) is 3.91. The molecule has 4 aromatic carbocycles. The molecule has 0 bridgehead atoms. The van der Waals surface area contributed by atoms with Crippen molar-refractivity contribution in [1.82, 2.24) is 24.2 Å². The van der Waals surface area contributed by atoms with E-state index in [0.29, 0.717) is 11.1 Å². The molecule has 2 aliphatic heterocycles. The first-order chi connectivity index (χ1) is 35.2. The number of aryl methyl sites for hydroxylation is 2. The lowest BCUT2D eigenvalue weighted by Gasteiger charge is -2.46. The molecule has 16 nitrogen and oxygen atoms in total. The number of H-pyrrole nitrogens is 2. The van der Waals surface area contributed by atoms with E-state index in [1.54, 1.807) is 33.1 Å². The Morgan fingerprint density at radius 3 is 1.35 bits per heavy atom. The first kappa shape index (κ1) is 54.6. The van der Waals surface area contributed by atoms with Crippen LogP contribution in [0.2, 0.25) is 10.1 Å². The predicted molar refractivity (Wildman–Crippen MR) is 290 cm³/mol. The molecule has 2 N–H and O–H groups in total. The maximum absolute atomic E-state index is 13.6. The van der Waals surface area contributed by atoms with Crippen molar-refractivity contribution < 1.29 is 32.6 Å². The molecule has 2 fully saturated rings. The Labute approximate surface area is 434 Å². The van der Waals surface area contributed by atoms with Crippen molar-refractivity contribution in [2.45, 2.75) is 108 Å². The highest BCUT2D eigenvalue weighted by molar-refractivity contribution is 7.00. The van der Waals surface area contributed by atoms with Gasteiger partial charge in [0.05, 0.1) is 19.3 Å². The summed E-state index contributed by atoms with van der Waals surface area (Å²) in [6.07, 6.45) is -2.82. The topological polar surface area (TPSA) is 178 Å². The first-order valence-corrected chi connectivity index (χ1v) is 29.0. The molecule has 4 heterocycles. The summed E-state index contributed by atoms with van der Waals surface area (Å²) >= 11 is 0. The van der Waals surface area contributed by atoms with Gasteiger partial charge in [0.25, 0.3) is 27.8 Å². The zero-order valence-corrected chi connectivity index (χ0v) is 46.3. The predicted octanol–water partition coefficient (Wildman–Crippen LogP) is 4.53. The van der Waals surface area contributed by atoms with Crippen molar-refractivity contribution in [2.24, 2.45) is 5.92 Å². The van der Waals surface area contributed by atoms with Gasteiger partial charge < -0.3 is 27.8 Å². The number of nitrogens with one attached hydrogen (secondary N) is 2. The molecule has 0 unspecified atom stereocenters. The van der Waals surface area contributed by atoms with Crippen LogP contribution in [0.5, 0.6) is 0 Å². The van der Waals surface area contributed by atoms with Gasteiger partial charge in [0, 0.05) is 57.3 Å². The number of aromatic nitrogens is 4. The highest BCUT2D eigenvalue weighted by Crippen LogP contribution is 2.43. The molecule has 18 heteroatoms. The normalized spacial score (nSPS) is 22.6. The van der Waals surface area contributed by atoms with E-state index in [1.165, 1.54) is 21.5 Å². The van der Waals surface area contributed by atoms with Gasteiger partial charge in [-0.05, 0) is 44.7 Å². The summed E-state index contributed by atoms with van der Waals surface area (Å²) in [4.78, 5) is 64.1. The van der Waals surface area contributed by atoms with Gasteiger partial charge in [-0.3, -0.25) is 33.5 Å². The second-order valence-electron chi connectivity index (χ2n) is 21.5. The summed E-state index contributed by atoms with van der Waals surface area (Å²) in [7, 11) is -1.44. The van der Waals surface area contributed by atoms with E-state index in [2.05, 4.69) is 100 Å². The molecule has 2 aromatic heterocycles. The minimum atomic E-state index is -3.29. The molecule has 0 radical (unpaired) electrons. The van der Waals surface area contributed by atoms with E-state index in [4.69, 9.17) is 32.6 Å². The van der Waals surface area contributed by atoms with Crippen LogP contribution in [0, 0.1) is 19.8 Å². The zero-order chi connectivity index (χ0) is 53.2. The quantitative estimate of drug-likeness (QED) is 0.0911. The molecular weight excluding hydrogens is 975 g/mol. The minimum absolute atomic E-state index is 0.0523. The van der Waals surface area contributed by atoms with Gasteiger partial charge in [0.15, 0.2) is 12.5 Å². The summed E-state index contributed by atoms with van der Waals surface area (Å²) in [6, 6.07) is 41.1. The number of rotatable bonds is 18. The van der Waals surface area contributed by atoms with Gasteiger partial charge in [-0.15, -0.1) is 0 Å². The summed E-state index contributed by atoms with van der Waals surface area (Å²) < 4.78 is 44.4. The summed E-state index contributed by atoms with van der Waals surface area (Å²) in [5.41, 5.74) is -1.61. The van der Waals surface area contributed by atoms with Crippen LogP contribution in [0.3, 0.4) is 0 Å². The minimum Gasteiger partial charge on any atom is -0.405 e. The standard InChI is InChI=1S/C56H71N5O11Si2/c1-37-32-60(53(64)57-49(37)62)51-46(66-10)43(44(70-51)36-69-73(55(3,4)5,39-24-16-12-17-25-39)40-26-18-13-19-27-40)34-59(9)68-35-45-47(48(67-11)52(71-45)61-33-38(2)50(63)58-54(61)65)72-74(56(6,7)8,41-28-20-14-21-29-41)42-30-22-15-23-31-42/h12-33,43-48,51-52H,34-36H2,1-11H3,(H,57,62,64)(H,58,63,65)/t43-,44-,45-,46-,47-,48-,51-,52-/m1/s1. The van der Waals surface area contributed by atoms with Crippen molar-refractivity contribution >= 4 is 37.4 Å². The largest absolute Gasteiger partial charge is 0.405 e. The molecule has 0 saturated carbocycles. The maximum Gasteiger partial charge on any atom is 0.330 e. The van der Waals surface area contributed by atoms with Gasteiger partial charge in [0.2, 0.25) is 0 Å². The van der Waals surface area contributed by atoms with Crippen molar-refractivity contribution in [3.05, 3.63) is 187 Å². The van der Waals surface area contributed by atoms with Crippen LogP contribution in [0.1, 0.15) is 65.1 Å². The molecular formula is C56H71N5O11Si2. The van der Waals surface area contributed by atoms with Gasteiger partial charge in [-0.25, -0.2) is 9.59 Å². The number of nitrogens with zero attached hydrogens (tertiary/aromatic N) is 3. The molecule has 0 amide bonds. The molecule has 8 rings (SSSR count). The number of methoxy groups -OCH3 is 2. The van der Waals surface area contributed by atoms with E-state index in [1.807, 2.05) is 79.8 Å². The third-order valence-corrected chi connectivity index (χ3v) is 24.7. The maximum atomic E-state index is 13.6. The van der Waals surface area contributed by atoms with Crippen LogP contribution >= 0.6 is 0 Å². The van der Waals surface area contributed by atoms with Crippen molar-refractivity contribution in [3.63, 3.8) is 0 Å². The Morgan fingerprint density at radius 2 is 0.946 bits per heavy atom. The van der Waals surface area contributed by atoms with Crippen LogP contribution in [-0.4, -0.2) is 112 Å². The van der Waals surface area contributed by atoms with Gasteiger partial charge in [0.1, 0.15) is 24.4 Å². The number of hydrogen-bond acceptors (Lipinski definition) is 12. The number of hydrogen-bond donors (Lipinski definition) is 2. The SMILES string of the molecule is CO[C@@H]1[C@H](CN(C)OC[C@H]2O[C@@H](n3cc(C)c(=O)[nH]c3=O)[C@H](OC)[C@@H]2O[Si](c2ccccc2)(c2ccccc2)C(C)(C)C)[C@@H](CO[Si](c2ccccc2)(c2ccccc2)C(C)(C)C)O[C@H]1n1cc(C)c(=O)[nH]c1=O. The molecule has 74 heavy (non-hydrogen) atoms. The molecule has 0 aliphatic carbocycles. The molecule has 2 saturated heterocycles. The van der Waals surface area contributed by atoms with E-state index in [0.717, 1.165) is 20.7 Å². The van der Waals surface area contributed by atoms with Crippen LogP contribution < -0.4 is 43.2 Å². The lowest BCUT2D eigenvalue weighted by molar-refractivity contribution is -0.189. The molecule has 6 aromatic rings. The van der Waals surface area contributed by atoms with Crippen molar-refractivity contribution in [1.29, 1.82) is 0 Å². The monoisotopic (exact) mass is 1050 g/mol. The molecule has 0 spiro atoms. The summed E-state index contributed by atoms with van der Waals surface area (Å²) in [5.74, 6) is -0.469. The smallest absolute Gasteiger partial charge is 0.330 e. The Morgan fingerprint density at radius 1 is 0.554 bits per heavy atom. The van der Waals surface area contributed by atoms with Crippen LogP contribution in [-0.2, 0) is 32.6 Å². The van der Waals surface area contributed by atoms with Gasteiger partial charge in [-0.1, -0.05) is 163 Å². The number of benzene rings is 4. The third kappa shape index (κ3) is 10.5. The Bertz CT molecular complexity index is 2990. The summed E-state index contributed by atoms with van der Waals surface area (Å²) in [5, 5.41) is 5.19. The molecule has 8 atom stereocenters. The Hall–Kier alpha value is -5.65. The lowest BCUT2D eigenvalue weighted by Crippen LogP contribution is -2.69. The number of ether oxygens (including phenoxy) is 4. The van der Waals surface area contributed by atoms with E-state index in [9.17, 15) is 19.2 Å². The second-order valence-corrected chi connectivity index (χ2v) is 30.0. The van der Waals surface area contributed by atoms with E-state index < -0.39 is 93.1 Å². The van der Waals surface area contributed by atoms with E-state index in [-0.39, 0.29) is 24.8 Å². The fourth-order valence-electron chi connectivity index (χ4n) is 11.1. The van der Waals surface area contributed by atoms with Crippen molar-refractivity contribution in [2.75, 3.05) is 41.0 Å². The summed E-state index contributed by atoms with van der Waals surface area (Å²) in [6.45, 7) is 16.7. The van der Waals surface area contributed by atoms with Crippen LogP contribution in [0.15, 0.2) is 153 Å². The van der Waals surface area contributed by atoms with Crippen LogP contribution in [0.25, 0.3) is 0 Å². The van der Waals surface area contributed by atoms with Crippen molar-refractivity contribution in [3.8, 4) is 0 Å². The first-order valence-electron chi connectivity index (χ1n) is 25.1. The fourth-order valence-corrected chi connectivity index (χ4v) is 20.4. The third-order valence-electron chi connectivity index (χ3n) is 14.7. The molecule has 394 valence electrons. The van der Waals surface area contributed by atoms with Crippen LogP contribution in [0.4, 0.5) is 0 Å². The fraction of sp³-hybridized carbons (Fsp3) is 0.429. The average molecular weight is 1050 g/mol. The van der Waals surface area contributed by atoms with Gasteiger partial charge >= 0.3 is 11.4 Å². The molecule has 2 aliphatic rings. The number of aromatic amines is 2. The second kappa shape index (κ2) is 22.3. The highest BCUT2D eigenvalue weighted by atomic mass is 28.4. The highest BCUT2D eigenvalue weighted by Gasteiger charge is 2.58. The Balaban J connectivity index is 1.16. The number of hydroxylamine groups is 2. The Kier molecular flexibility index (Phi) is 16.4.